The number of hydrogen-bond acceptors (Lipinski definition) is 2. The fourth-order valence-electron chi connectivity index (χ4n) is 3.34. The highest BCUT2D eigenvalue weighted by Crippen LogP contribution is 2.19. The summed E-state index contributed by atoms with van der Waals surface area (Å²) in [6, 6.07) is 6.36. The van der Waals surface area contributed by atoms with E-state index in [0.29, 0.717) is 5.56 Å². The van der Waals surface area contributed by atoms with Crippen LogP contribution < -0.4 is 5.32 Å². The number of aromatic nitrogens is 2. The monoisotopic (exact) mass is 329 g/mol. The third-order valence-corrected chi connectivity index (χ3v) is 4.77. The number of rotatable bonds is 3. The molecule has 1 heterocycles. The molecule has 1 saturated carbocycles. The SMILES string of the molecule is Cc1c(C(=O)NC2CCCCCCC2)cnn1-c1ccc(F)cc1. The summed E-state index contributed by atoms with van der Waals surface area (Å²) in [5.41, 5.74) is 2.10. The summed E-state index contributed by atoms with van der Waals surface area (Å²) >= 11 is 0. The summed E-state index contributed by atoms with van der Waals surface area (Å²) < 4.78 is 14.7. The van der Waals surface area contributed by atoms with Crippen LogP contribution in [0.25, 0.3) is 5.69 Å². The van der Waals surface area contributed by atoms with Crippen LogP contribution in [0.15, 0.2) is 30.5 Å². The van der Waals surface area contributed by atoms with Crippen molar-refractivity contribution in [2.75, 3.05) is 0 Å². The second kappa shape index (κ2) is 7.60. The maximum atomic E-state index is 13.1. The van der Waals surface area contributed by atoms with Crippen LogP contribution in [-0.2, 0) is 0 Å². The van der Waals surface area contributed by atoms with Crippen molar-refractivity contribution in [2.24, 2.45) is 0 Å². The fourth-order valence-corrected chi connectivity index (χ4v) is 3.34. The Morgan fingerprint density at radius 1 is 1.12 bits per heavy atom. The number of carbonyl (C=O) groups is 1. The molecule has 0 aliphatic heterocycles. The van der Waals surface area contributed by atoms with Gasteiger partial charge in [-0.25, -0.2) is 9.07 Å². The van der Waals surface area contributed by atoms with Crippen molar-refractivity contribution >= 4 is 5.91 Å². The number of nitrogens with zero attached hydrogens (tertiary/aromatic N) is 2. The van der Waals surface area contributed by atoms with Crippen molar-refractivity contribution in [3.05, 3.63) is 47.5 Å². The van der Waals surface area contributed by atoms with Gasteiger partial charge in [0.25, 0.3) is 5.91 Å². The molecule has 3 rings (SSSR count). The minimum Gasteiger partial charge on any atom is -0.349 e. The average Bonchev–Trinajstić information content (AvgIpc) is 2.92. The van der Waals surface area contributed by atoms with Crippen molar-refractivity contribution in [2.45, 2.75) is 57.9 Å². The van der Waals surface area contributed by atoms with Gasteiger partial charge in [-0.3, -0.25) is 4.79 Å². The summed E-state index contributed by atoms with van der Waals surface area (Å²) in [4.78, 5) is 12.6. The Balaban J connectivity index is 1.72. The standard InChI is InChI=1S/C19H24FN3O/c1-14-18(13-21-23(14)17-11-9-15(20)10-12-17)19(24)22-16-7-5-3-2-4-6-8-16/h9-13,16H,2-8H2,1H3,(H,22,24). The van der Waals surface area contributed by atoms with E-state index in [2.05, 4.69) is 10.4 Å². The van der Waals surface area contributed by atoms with Crippen LogP contribution in [0.4, 0.5) is 4.39 Å². The number of hydrogen-bond donors (Lipinski definition) is 1. The number of benzene rings is 1. The third-order valence-electron chi connectivity index (χ3n) is 4.77. The molecule has 0 unspecified atom stereocenters. The summed E-state index contributed by atoms with van der Waals surface area (Å²) in [6.07, 6.45) is 9.88. The van der Waals surface area contributed by atoms with Crippen molar-refractivity contribution in [1.82, 2.24) is 15.1 Å². The summed E-state index contributed by atoms with van der Waals surface area (Å²) in [7, 11) is 0. The molecule has 0 bridgehead atoms. The summed E-state index contributed by atoms with van der Waals surface area (Å²) in [5.74, 6) is -0.350. The number of halogens is 1. The lowest BCUT2D eigenvalue weighted by atomic mass is 9.96. The molecule has 4 nitrogen and oxygen atoms in total. The van der Waals surface area contributed by atoms with Gasteiger partial charge in [0.1, 0.15) is 5.82 Å². The van der Waals surface area contributed by atoms with Crippen LogP contribution in [0, 0.1) is 12.7 Å². The second-order valence-corrected chi connectivity index (χ2v) is 6.55. The Hall–Kier alpha value is -2.17. The van der Waals surface area contributed by atoms with Crippen LogP contribution in [0.5, 0.6) is 0 Å². The minimum atomic E-state index is -0.286. The quantitative estimate of drug-likeness (QED) is 0.919. The van der Waals surface area contributed by atoms with Crippen molar-refractivity contribution < 1.29 is 9.18 Å². The topological polar surface area (TPSA) is 46.9 Å². The van der Waals surface area contributed by atoms with E-state index in [1.807, 2.05) is 6.92 Å². The third kappa shape index (κ3) is 3.83. The van der Waals surface area contributed by atoms with E-state index in [4.69, 9.17) is 0 Å². The lowest BCUT2D eigenvalue weighted by Crippen LogP contribution is -2.35. The maximum Gasteiger partial charge on any atom is 0.254 e. The highest BCUT2D eigenvalue weighted by atomic mass is 19.1. The van der Waals surface area contributed by atoms with Crippen LogP contribution in [0.2, 0.25) is 0 Å². The van der Waals surface area contributed by atoms with Gasteiger partial charge in [-0.05, 0) is 44.0 Å². The molecule has 0 saturated heterocycles. The first-order valence-corrected chi connectivity index (χ1v) is 8.76. The van der Waals surface area contributed by atoms with Gasteiger partial charge in [0, 0.05) is 6.04 Å². The average molecular weight is 329 g/mol. The Morgan fingerprint density at radius 3 is 2.42 bits per heavy atom. The molecule has 1 aliphatic rings. The molecule has 1 aromatic heterocycles. The molecule has 1 fully saturated rings. The normalized spacial score (nSPS) is 16.4. The van der Waals surface area contributed by atoms with Crippen molar-refractivity contribution in [3.8, 4) is 5.69 Å². The number of carbonyl (C=O) groups excluding carboxylic acids is 1. The van der Waals surface area contributed by atoms with Crippen LogP contribution in [0.1, 0.15) is 61.0 Å². The number of nitrogens with one attached hydrogen (secondary N) is 1. The van der Waals surface area contributed by atoms with E-state index < -0.39 is 0 Å². The van der Waals surface area contributed by atoms with E-state index in [0.717, 1.165) is 24.2 Å². The van der Waals surface area contributed by atoms with Crippen LogP contribution in [0.3, 0.4) is 0 Å². The van der Waals surface area contributed by atoms with Gasteiger partial charge < -0.3 is 5.32 Å². The Labute approximate surface area is 142 Å². The Morgan fingerprint density at radius 2 is 1.75 bits per heavy atom. The maximum absolute atomic E-state index is 13.1. The van der Waals surface area contributed by atoms with E-state index in [9.17, 15) is 9.18 Å². The molecule has 1 N–H and O–H groups in total. The number of amides is 1. The van der Waals surface area contributed by atoms with Crippen molar-refractivity contribution in [3.63, 3.8) is 0 Å². The molecule has 128 valence electrons. The zero-order valence-electron chi connectivity index (χ0n) is 14.1. The van der Waals surface area contributed by atoms with Gasteiger partial charge in [0.05, 0.1) is 23.1 Å². The smallest absolute Gasteiger partial charge is 0.254 e. The van der Waals surface area contributed by atoms with Gasteiger partial charge in [0.2, 0.25) is 0 Å². The molecule has 24 heavy (non-hydrogen) atoms. The molecular formula is C19H24FN3O. The van der Waals surface area contributed by atoms with E-state index in [1.165, 1.54) is 44.2 Å². The van der Waals surface area contributed by atoms with Crippen molar-refractivity contribution in [1.29, 1.82) is 0 Å². The highest BCUT2D eigenvalue weighted by Gasteiger charge is 2.19. The molecule has 5 heteroatoms. The van der Waals surface area contributed by atoms with Gasteiger partial charge >= 0.3 is 0 Å². The molecule has 1 aliphatic carbocycles. The van der Waals surface area contributed by atoms with Crippen LogP contribution >= 0.6 is 0 Å². The predicted molar refractivity (Wildman–Crippen MR) is 91.8 cm³/mol. The van der Waals surface area contributed by atoms with E-state index in [-0.39, 0.29) is 17.8 Å². The van der Waals surface area contributed by atoms with Gasteiger partial charge in [-0.1, -0.05) is 32.1 Å². The molecule has 0 radical (unpaired) electrons. The van der Waals surface area contributed by atoms with Crippen LogP contribution in [-0.4, -0.2) is 21.7 Å². The Kier molecular flexibility index (Phi) is 5.28. The summed E-state index contributed by atoms with van der Waals surface area (Å²) in [6.45, 7) is 1.86. The molecule has 0 atom stereocenters. The zero-order chi connectivity index (χ0) is 16.9. The minimum absolute atomic E-state index is 0.0635. The van der Waals surface area contributed by atoms with Gasteiger partial charge in [0.15, 0.2) is 0 Å². The molecule has 1 amide bonds. The Bertz CT molecular complexity index is 685. The van der Waals surface area contributed by atoms with E-state index in [1.54, 1.807) is 23.0 Å². The largest absolute Gasteiger partial charge is 0.349 e. The summed E-state index contributed by atoms with van der Waals surface area (Å²) in [5, 5.41) is 7.46. The first-order valence-electron chi connectivity index (χ1n) is 8.76. The predicted octanol–water partition coefficient (Wildman–Crippen LogP) is 4.16. The first kappa shape index (κ1) is 16.7. The first-order chi connectivity index (χ1) is 11.6. The molecule has 2 aromatic rings. The fraction of sp³-hybridized carbons (Fsp3) is 0.474. The molecule has 1 aromatic carbocycles. The van der Waals surface area contributed by atoms with Gasteiger partial charge in [-0.15, -0.1) is 0 Å². The second-order valence-electron chi connectivity index (χ2n) is 6.55. The zero-order valence-corrected chi connectivity index (χ0v) is 14.1. The van der Waals surface area contributed by atoms with E-state index >= 15 is 0 Å². The highest BCUT2D eigenvalue weighted by molar-refractivity contribution is 5.95. The lowest BCUT2D eigenvalue weighted by molar-refractivity contribution is 0.0930. The molecular weight excluding hydrogens is 305 g/mol. The lowest BCUT2D eigenvalue weighted by Gasteiger charge is -2.20. The molecule has 0 spiro atoms. The van der Waals surface area contributed by atoms with Gasteiger partial charge in [-0.2, -0.15) is 5.10 Å².